The molecule has 0 heterocycles. The molecule has 3 atom stereocenters. The minimum Gasteiger partial charge on any atom is -0.507 e. The number of ether oxygens (including phenoxy) is 1. The third kappa shape index (κ3) is 5.94. The number of unbranched alkanes of at least 4 members (excludes halogenated alkanes) is 2. The summed E-state index contributed by atoms with van der Waals surface area (Å²) in [6.45, 7) is 9.56. The van der Waals surface area contributed by atoms with Gasteiger partial charge in [0, 0.05) is 11.5 Å². The lowest BCUT2D eigenvalue weighted by Crippen LogP contribution is -2.29. The van der Waals surface area contributed by atoms with Crippen molar-refractivity contribution >= 4 is 5.97 Å². The van der Waals surface area contributed by atoms with E-state index in [2.05, 4.69) is 26.5 Å². The predicted octanol–water partition coefficient (Wildman–Crippen LogP) is 4.40. The summed E-state index contributed by atoms with van der Waals surface area (Å²) < 4.78 is 5.47. The van der Waals surface area contributed by atoms with E-state index in [1.165, 1.54) is 5.57 Å². The van der Waals surface area contributed by atoms with Crippen LogP contribution in [-0.4, -0.2) is 34.0 Å². The average Bonchev–Trinajstić information content (AvgIpc) is 2.67. The van der Waals surface area contributed by atoms with E-state index in [-0.39, 0.29) is 23.3 Å². The minimum absolute atomic E-state index is 0.0856. The summed E-state index contributed by atoms with van der Waals surface area (Å²) in [7, 11) is 0. The Kier molecular flexibility index (Phi) is 8.47. The van der Waals surface area contributed by atoms with Crippen molar-refractivity contribution < 1.29 is 24.9 Å². The molecular weight excluding hydrogens is 368 g/mol. The third-order valence-electron chi connectivity index (χ3n) is 5.62. The highest BCUT2D eigenvalue weighted by Gasteiger charge is 2.31. The summed E-state index contributed by atoms with van der Waals surface area (Å²) in [5.74, 6) is -0.642. The number of aliphatic hydroxyl groups excluding tert-OH is 2. The second-order valence-electron chi connectivity index (χ2n) is 8.13. The fraction of sp³-hybridized carbons (Fsp3) is 0.542. The van der Waals surface area contributed by atoms with Gasteiger partial charge in [-0.25, -0.2) is 4.79 Å². The molecule has 0 unspecified atom stereocenters. The highest BCUT2D eigenvalue weighted by Crippen LogP contribution is 2.47. The summed E-state index contributed by atoms with van der Waals surface area (Å²) in [6, 6.07) is 3.53. The SMILES string of the molecule is C=C(C)[C@@H]1CCC(C)=C[C@H]1c1c(O)cc(CCCCC)cc1OC(=O)[C@@H](O)CO. The number of hydrogen-bond acceptors (Lipinski definition) is 5. The Morgan fingerprint density at radius 3 is 2.69 bits per heavy atom. The van der Waals surface area contributed by atoms with Crippen LogP contribution in [-0.2, 0) is 11.2 Å². The van der Waals surface area contributed by atoms with E-state index < -0.39 is 18.7 Å². The van der Waals surface area contributed by atoms with Gasteiger partial charge in [0.05, 0.1) is 6.61 Å². The Hall–Kier alpha value is -2.11. The first-order chi connectivity index (χ1) is 13.8. The van der Waals surface area contributed by atoms with Gasteiger partial charge in [-0.15, -0.1) is 0 Å². The normalized spacial score (nSPS) is 20.1. The Labute approximate surface area is 173 Å². The van der Waals surface area contributed by atoms with Gasteiger partial charge in [0.1, 0.15) is 11.5 Å². The van der Waals surface area contributed by atoms with E-state index in [4.69, 9.17) is 9.84 Å². The van der Waals surface area contributed by atoms with Gasteiger partial charge in [-0.05, 0) is 63.1 Å². The Morgan fingerprint density at radius 1 is 1.34 bits per heavy atom. The molecule has 29 heavy (non-hydrogen) atoms. The van der Waals surface area contributed by atoms with Crippen molar-refractivity contribution in [3.63, 3.8) is 0 Å². The van der Waals surface area contributed by atoms with Crippen LogP contribution in [0, 0.1) is 5.92 Å². The number of aromatic hydroxyl groups is 1. The van der Waals surface area contributed by atoms with E-state index in [9.17, 15) is 15.0 Å². The molecular formula is C24H34O5. The maximum Gasteiger partial charge on any atom is 0.342 e. The molecule has 0 amide bonds. The molecule has 0 aliphatic heterocycles. The van der Waals surface area contributed by atoms with Crippen molar-refractivity contribution in [2.45, 2.75) is 71.3 Å². The quantitative estimate of drug-likeness (QED) is 0.247. The molecule has 0 bridgehead atoms. The fourth-order valence-corrected chi connectivity index (χ4v) is 3.97. The summed E-state index contributed by atoms with van der Waals surface area (Å²) in [6.07, 6.45) is 6.25. The number of carbonyl (C=O) groups excluding carboxylic acids is 1. The highest BCUT2D eigenvalue weighted by molar-refractivity contribution is 5.78. The molecule has 3 N–H and O–H groups in total. The number of allylic oxidation sites excluding steroid dienone is 3. The number of aliphatic hydroxyl groups is 2. The topological polar surface area (TPSA) is 87.0 Å². The zero-order chi connectivity index (χ0) is 21.6. The highest BCUT2D eigenvalue weighted by atomic mass is 16.6. The molecule has 0 spiro atoms. The van der Waals surface area contributed by atoms with E-state index in [1.807, 2.05) is 6.92 Å². The molecule has 5 nitrogen and oxygen atoms in total. The number of hydrogen-bond donors (Lipinski definition) is 3. The summed E-state index contributed by atoms with van der Waals surface area (Å²) in [5, 5.41) is 29.7. The van der Waals surface area contributed by atoms with Crippen molar-refractivity contribution in [1.82, 2.24) is 0 Å². The lowest BCUT2D eigenvalue weighted by atomic mass is 9.73. The number of esters is 1. The van der Waals surface area contributed by atoms with Crippen molar-refractivity contribution in [2.24, 2.45) is 5.92 Å². The van der Waals surface area contributed by atoms with Gasteiger partial charge in [-0.1, -0.05) is 43.6 Å². The van der Waals surface area contributed by atoms with Crippen molar-refractivity contribution in [3.8, 4) is 11.5 Å². The molecule has 2 rings (SSSR count). The van der Waals surface area contributed by atoms with E-state index in [1.54, 1.807) is 12.1 Å². The van der Waals surface area contributed by atoms with Crippen LogP contribution in [0.4, 0.5) is 0 Å². The lowest BCUT2D eigenvalue weighted by Gasteiger charge is -2.32. The molecule has 0 radical (unpaired) electrons. The van der Waals surface area contributed by atoms with Gasteiger partial charge in [0.25, 0.3) is 0 Å². The zero-order valence-electron chi connectivity index (χ0n) is 17.8. The lowest BCUT2D eigenvalue weighted by molar-refractivity contribution is -0.145. The first-order valence-electron chi connectivity index (χ1n) is 10.5. The van der Waals surface area contributed by atoms with E-state index in [0.717, 1.165) is 49.7 Å². The first kappa shape index (κ1) is 23.2. The Balaban J connectivity index is 2.51. The fourth-order valence-electron chi connectivity index (χ4n) is 3.97. The molecule has 0 fully saturated rings. The number of benzene rings is 1. The van der Waals surface area contributed by atoms with Gasteiger partial charge in [-0.3, -0.25) is 0 Å². The summed E-state index contributed by atoms with van der Waals surface area (Å²) in [5.41, 5.74) is 3.64. The first-order valence-corrected chi connectivity index (χ1v) is 10.5. The molecule has 1 aliphatic rings. The zero-order valence-corrected chi connectivity index (χ0v) is 17.8. The molecule has 1 aromatic carbocycles. The largest absolute Gasteiger partial charge is 0.507 e. The van der Waals surface area contributed by atoms with Crippen LogP contribution in [0.25, 0.3) is 0 Å². The maximum absolute atomic E-state index is 12.2. The van der Waals surface area contributed by atoms with Gasteiger partial charge >= 0.3 is 5.97 Å². The van der Waals surface area contributed by atoms with Crippen molar-refractivity contribution in [1.29, 1.82) is 0 Å². The molecule has 0 saturated heterocycles. The minimum atomic E-state index is -1.62. The maximum atomic E-state index is 12.2. The third-order valence-corrected chi connectivity index (χ3v) is 5.62. The van der Waals surface area contributed by atoms with Crippen LogP contribution in [0.3, 0.4) is 0 Å². The number of phenolic OH excluding ortho intramolecular Hbond substituents is 1. The second kappa shape index (κ2) is 10.6. The second-order valence-corrected chi connectivity index (χ2v) is 8.13. The molecule has 0 saturated carbocycles. The number of rotatable bonds is 9. The van der Waals surface area contributed by atoms with Crippen LogP contribution in [0.2, 0.25) is 0 Å². The van der Waals surface area contributed by atoms with Crippen molar-refractivity contribution in [2.75, 3.05) is 6.61 Å². The van der Waals surface area contributed by atoms with Crippen LogP contribution < -0.4 is 4.74 Å². The van der Waals surface area contributed by atoms with Crippen LogP contribution >= 0.6 is 0 Å². The molecule has 1 aliphatic carbocycles. The molecule has 160 valence electrons. The monoisotopic (exact) mass is 402 g/mol. The number of phenols is 1. The van der Waals surface area contributed by atoms with Gasteiger partial charge in [0.15, 0.2) is 6.10 Å². The summed E-state index contributed by atoms with van der Waals surface area (Å²) in [4.78, 5) is 12.2. The van der Waals surface area contributed by atoms with E-state index in [0.29, 0.717) is 5.56 Å². The van der Waals surface area contributed by atoms with Gasteiger partial charge in [-0.2, -0.15) is 0 Å². The molecule has 1 aromatic rings. The predicted molar refractivity (Wildman–Crippen MR) is 114 cm³/mol. The molecule has 0 aromatic heterocycles. The van der Waals surface area contributed by atoms with Gasteiger partial charge < -0.3 is 20.1 Å². The van der Waals surface area contributed by atoms with Crippen LogP contribution in [0.15, 0.2) is 35.9 Å². The smallest absolute Gasteiger partial charge is 0.342 e. The number of aryl methyl sites for hydroxylation is 1. The van der Waals surface area contributed by atoms with Crippen LogP contribution in [0.5, 0.6) is 11.5 Å². The Morgan fingerprint density at radius 2 is 2.07 bits per heavy atom. The Bertz CT molecular complexity index is 765. The summed E-state index contributed by atoms with van der Waals surface area (Å²) >= 11 is 0. The van der Waals surface area contributed by atoms with Crippen molar-refractivity contribution in [3.05, 3.63) is 47.1 Å². The van der Waals surface area contributed by atoms with Crippen LogP contribution in [0.1, 0.15) is 69.9 Å². The van der Waals surface area contributed by atoms with Gasteiger partial charge in [0.2, 0.25) is 0 Å². The number of carbonyl (C=O) groups is 1. The standard InChI is InChI=1S/C24H34O5/c1-5-6-7-8-17-12-20(26)23(22(13-17)29-24(28)21(27)14-25)19-11-16(4)9-10-18(19)15(2)3/h11-13,18-19,21,25-27H,2,5-10,14H2,1,3-4H3/t18-,19+,21-/m0/s1. The van der Waals surface area contributed by atoms with E-state index >= 15 is 0 Å². The molecule has 5 heteroatoms. The average molecular weight is 403 g/mol.